The fourth-order valence-corrected chi connectivity index (χ4v) is 3.79. The zero-order valence-electron chi connectivity index (χ0n) is 20.3. The molecule has 0 amide bonds. The van der Waals surface area contributed by atoms with Gasteiger partial charge in [-0.25, -0.2) is 4.79 Å². The van der Waals surface area contributed by atoms with Gasteiger partial charge in [0.05, 0.1) is 33.4 Å². The van der Waals surface area contributed by atoms with Gasteiger partial charge in [0.2, 0.25) is 0 Å². The van der Waals surface area contributed by atoms with E-state index in [4.69, 9.17) is 14.2 Å². The molecular weight excluding hydrogens is 454 g/mol. The summed E-state index contributed by atoms with van der Waals surface area (Å²) in [5.41, 5.74) is 3.65. The van der Waals surface area contributed by atoms with Crippen molar-refractivity contribution in [3.8, 4) is 34.5 Å². The number of carbonyl (C=O) groups excluding carboxylic acids is 1. The number of esters is 1. The average molecular weight is 480 g/mol. The van der Waals surface area contributed by atoms with E-state index >= 15 is 0 Å². The molecule has 1 heterocycles. The van der Waals surface area contributed by atoms with Crippen molar-refractivity contribution in [2.24, 2.45) is 0 Å². The van der Waals surface area contributed by atoms with Gasteiger partial charge < -0.3 is 18.8 Å². The Labute approximate surface area is 209 Å². The van der Waals surface area contributed by atoms with E-state index in [0.717, 1.165) is 22.4 Å². The maximum atomic E-state index is 13.5. The number of methoxy groups -OCH3 is 3. The standard InChI is InChI=1S/C30H25NO5/c1-34-25-16-14-23(15-17-25)27-20-31(19-22-7-5-4-6-8-22)29(32)26(28(27)35-2)18-11-21-9-12-24(13-10-21)30(33)36-3/h4-10,12-17,20H,19H2,1-3H3. The van der Waals surface area contributed by atoms with Crippen LogP contribution in [0.3, 0.4) is 0 Å². The number of hydrogen-bond acceptors (Lipinski definition) is 5. The molecule has 0 fully saturated rings. The molecule has 180 valence electrons. The van der Waals surface area contributed by atoms with E-state index in [1.807, 2.05) is 54.6 Å². The van der Waals surface area contributed by atoms with Crippen LogP contribution in [0.4, 0.5) is 0 Å². The van der Waals surface area contributed by atoms with Crippen molar-refractivity contribution >= 4 is 5.97 Å². The van der Waals surface area contributed by atoms with Crippen LogP contribution in [-0.4, -0.2) is 31.9 Å². The molecule has 0 aliphatic carbocycles. The number of aromatic nitrogens is 1. The number of benzene rings is 3. The Hall–Kier alpha value is -4.76. The van der Waals surface area contributed by atoms with Gasteiger partial charge in [-0.1, -0.05) is 54.3 Å². The lowest BCUT2D eigenvalue weighted by Gasteiger charge is -2.15. The van der Waals surface area contributed by atoms with Crippen LogP contribution in [0.2, 0.25) is 0 Å². The van der Waals surface area contributed by atoms with E-state index in [-0.39, 0.29) is 11.1 Å². The van der Waals surface area contributed by atoms with E-state index in [9.17, 15) is 9.59 Å². The Bertz CT molecular complexity index is 1480. The van der Waals surface area contributed by atoms with Crippen LogP contribution in [0.15, 0.2) is 89.9 Å². The topological polar surface area (TPSA) is 66.8 Å². The lowest BCUT2D eigenvalue weighted by Crippen LogP contribution is -2.24. The number of hydrogen-bond donors (Lipinski definition) is 0. The van der Waals surface area contributed by atoms with Crippen LogP contribution in [0.25, 0.3) is 11.1 Å². The van der Waals surface area contributed by atoms with Gasteiger partial charge in [0.25, 0.3) is 5.56 Å². The lowest BCUT2D eigenvalue weighted by molar-refractivity contribution is 0.0600. The summed E-state index contributed by atoms with van der Waals surface area (Å²) in [4.78, 5) is 25.2. The van der Waals surface area contributed by atoms with Crippen LogP contribution < -0.4 is 15.0 Å². The summed E-state index contributed by atoms with van der Waals surface area (Å²) < 4.78 is 17.4. The number of ether oxygens (including phenoxy) is 3. The lowest BCUT2D eigenvalue weighted by atomic mass is 10.0. The van der Waals surface area contributed by atoms with Crippen LogP contribution in [0.1, 0.15) is 27.0 Å². The Morgan fingerprint density at radius 1 is 0.833 bits per heavy atom. The second-order valence-corrected chi connectivity index (χ2v) is 7.92. The largest absolute Gasteiger partial charge is 0.497 e. The molecule has 0 atom stereocenters. The minimum Gasteiger partial charge on any atom is -0.497 e. The second-order valence-electron chi connectivity index (χ2n) is 7.92. The maximum absolute atomic E-state index is 13.5. The normalized spacial score (nSPS) is 10.2. The molecule has 0 bridgehead atoms. The SMILES string of the molecule is COC(=O)c1ccc(C#Cc2c(OC)c(-c3ccc(OC)cc3)cn(Cc3ccccc3)c2=O)cc1. The highest BCUT2D eigenvalue weighted by Gasteiger charge is 2.17. The Morgan fingerprint density at radius 3 is 2.14 bits per heavy atom. The highest BCUT2D eigenvalue weighted by Crippen LogP contribution is 2.32. The van der Waals surface area contributed by atoms with Crippen molar-refractivity contribution in [2.45, 2.75) is 6.54 Å². The molecule has 0 radical (unpaired) electrons. The smallest absolute Gasteiger partial charge is 0.337 e. The summed E-state index contributed by atoms with van der Waals surface area (Å²) in [6.07, 6.45) is 1.80. The zero-order chi connectivity index (χ0) is 25.5. The molecule has 36 heavy (non-hydrogen) atoms. The molecule has 6 nitrogen and oxygen atoms in total. The van der Waals surface area contributed by atoms with Crippen molar-refractivity contribution in [1.29, 1.82) is 0 Å². The van der Waals surface area contributed by atoms with Gasteiger partial charge in [0, 0.05) is 17.3 Å². The van der Waals surface area contributed by atoms with Crippen molar-refractivity contribution < 1.29 is 19.0 Å². The number of rotatable bonds is 6. The molecule has 0 aliphatic heterocycles. The van der Waals surface area contributed by atoms with Crippen molar-refractivity contribution in [1.82, 2.24) is 4.57 Å². The molecule has 0 unspecified atom stereocenters. The molecule has 0 N–H and O–H groups in total. The second kappa shape index (κ2) is 11.1. The summed E-state index contributed by atoms with van der Waals surface area (Å²) in [6.45, 7) is 0.384. The summed E-state index contributed by atoms with van der Waals surface area (Å²) in [5.74, 6) is 6.75. The van der Waals surface area contributed by atoms with E-state index in [1.165, 1.54) is 14.2 Å². The number of carbonyl (C=O) groups is 1. The minimum absolute atomic E-state index is 0.249. The molecule has 0 spiro atoms. The van der Waals surface area contributed by atoms with Gasteiger partial charge in [-0.05, 0) is 47.5 Å². The van der Waals surface area contributed by atoms with E-state index in [2.05, 4.69) is 11.8 Å². The van der Waals surface area contributed by atoms with Crippen LogP contribution in [-0.2, 0) is 11.3 Å². The fraction of sp³-hybridized carbons (Fsp3) is 0.133. The molecule has 0 saturated carbocycles. The third kappa shape index (κ3) is 5.31. The van der Waals surface area contributed by atoms with Crippen LogP contribution in [0, 0.1) is 11.8 Å². The number of pyridine rings is 1. The molecule has 4 rings (SSSR count). The Balaban J connectivity index is 1.84. The minimum atomic E-state index is -0.424. The first-order valence-corrected chi connectivity index (χ1v) is 11.2. The Morgan fingerprint density at radius 2 is 1.53 bits per heavy atom. The van der Waals surface area contributed by atoms with E-state index in [0.29, 0.717) is 23.4 Å². The fourth-order valence-electron chi connectivity index (χ4n) is 3.79. The third-order valence-electron chi connectivity index (χ3n) is 5.67. The maximum Gasteiger partial charge on any atom is 0.337 e. The molecular formula is C30H25NO5. The summed E-state index contributed by atoms with van der Waals surface area (Å²) in [6, 6.07) is 24.0. The molecule has 0 aliphatic rings. The summed E-state index contributed by atoms with van der Waals surface area (Å²) in [5, 5.41) is 0. The monoisotopic (exact) mass is 479 g/mol. The van der Waals surface area contributed by atoms with Crippen LogP contribution >= 0.6 is 0 Å². The predicted molar refractivity (Wildman–Crippen MR) is 139 cm³/mol. The summed E-state index contributed by atoms with van der Waals surface area (Å²) in [7, 11) is 4.47. The highest BCUT2D eigenvalue weighted by atomic mass is 16.5. The molecule has 1 aromatic heterocycles. The number of nitrogens with zero attached hydrogens (tertiary/aromatic N) is 1. The molecule has 0 saturated heterocycles. The van der Waals surface area contributed by atoms with Crippen molar-refractivity contribution in [3.63, 3.8) is 0 Å². The van der Waals surface area contributed by atoms with Crippen molar-refractivity contribution in [2.75, 3.05) is 21.3 Å². The summed E-state index contributed by atoms with van der Waals surface area (Å²) >= 11 is 0. The first-order chi connectivity index (χ1) is 17.5. The van der Waals surface area contributed by atoms with Gasteiger partial charge >= 0.3 is 5.97 Å². The van der Waals surface area contributed by atoms with Gasteiger partial charge in [-0.2, -0.15) is 0 Å². The third-order valence-corrected chi connectivity index (χ3v) is 5.67. The van der Waals surface area contributed by atoms with Gasteiger partial charge in [0.1, 0.15) is 17.1 Å². The van der Waals surface area contributed by atoms with Gasteiger partial charge in [-0.15, -0.1) is 0 Å². The molecule has 3 aromatic carbocycles. The van der Waals surface area contributed by atoms with Gasteiger partial charge in [0.15, 0.2) is 0 Å². The van der Waals surface area contributed by atoms with Crippen LogP contribution in [0.5, 0.6) is 11.5 Å². The highest BCUT2D eigenvalue weighted by molar-refractivity contribution is 5.89. The quantitative estimate of drug-likeness (QED) is 0.295. The Kier molecular flexibility index (Phi) is 7.52. The average Bonchev–Trinajstić information content (AvgIpc) is 2.93. The first kappa shape index (κ1) is 24.4. The van der Waals surface area contributed by atoms with E-state index in [1.54, 1.807) is 42.1 Å². The molecule has 4 aromatic rings. The first-order valence-electron chi connectivity index (χ1n) is 11.2. The zero-order valence-corrected chi connectivity index (χ0v) is 20.3. The molecule has 6 heteroatoms. The van der Waals surface area contributed by atoms with Crippen molar-refractivity contribution in [3.05, 3.63) is 118 Å². The predicted octanol–water partition coefficient (Wildman–Crippen LogP) is 4.77. The van der Waals surface area contributed by atoms with E-state index < -0.39 is 5.97 Å². The van der Waals surface area contributed by atoms with Gasteiger partial charge in [-0.3, -0.25) is 4.79 Å².